The number of aliphatic hydroxyl groups excluding tert-OH is 1. The van der Waals surface area contributed by atoms with Crippen molar-refractivity contribution in [1.29, 1.82) is 0 Å². The second kappa shape index (κ2) is 5.66. The molecule has 3 unspecified atom stereocenters. The minimum atomic E-state index is -0.487. The van der Waals surface area contributed by atoms with Gasteiger partial charge in [0.05, 0.1) is 11.7 Å². The first kappa shape index (κ1) is 12.7. The third-order valence-electron chi connectivity index (χ3n) is 2.80. The predicted molar refractivity (Wildman–Crippen MR) is 62.2 cm³/mol. The Morgan fingerprint density at radius 1 is 1.19 bits per heavy atom. The number of hydrogen-bond acceptors (Lipinski definition) is 3. The summed E-state index contributed by atoms with van der Waals surface area (Å²) >= 11 is 0. The zero-order chi connectivity index (χ0) is 12.1. The summed E-state index contributed by atoms with van der Waals surface area (Å²) in [5.41, 5.74) is 0.534. The van der Waals surface area contributed by atoms with Gasteiger partial charge in [-0.2, -0.15) is 0 Å². The number of ether oxygens (including phenoxy) is 1. The molecule has 1 aromatic carbocycles. The van der Waals surface area contributed by atoms with Crippen LogP contribution in [-0.4, -0.2) is 23.3 Å². The van der Waals surface area contributed by atoms with Crippen LogP contribution in [0.15, 0.2) is 30.3 Å². The van der Waals surface area contributed by atoms with E-state index in [1.807, 2.05) is 13.0 Å². The molecule has 1 N–H and O–H groups in total. The molecule has 0 aliphatic rings. The van der Waals surface area contributed by atoms with Crippen LogP contribution in [0.1, 0.15) is 31.1 Å². The quantitative estimate of drug-likeness (QED) is 0.795. The fourth-order valence-electron chi connectivity index (χ4n) is 1.31. The number of hydrogen-bond donors (Lipinski definition) is 1. The van der Waals surface area contributed by atoms with Crippen molar-refractivity contribution in [3.8, 4) is 0 Å². The van der Waals surface area contributed by atoms with Gasteiger partial charge in [-0.25, -0.2) is 4.79 Å². The molecule has 0 saturated heterocycles. The van der Waals surface area contributed by atoms with Crippen LogP contribution in [0.25, 0.3) is 0 Å². The minimum absolute atomic E-state index is 0.0762. The van der Waals surface area contributed by atoms with E-state index in [0.717, 1.165) is 0 Å². The Balaban J connectivity index is 2.59. The van der Waals surface area contributed by atoms with E-state index >= 15 is 0 Å². The average Bonchev–Trinajstić information content (AvgIpc) is 2.28. The van der Waals surface area contributed by atoms with Crippen molar-refractivity contribution in [3.63, 3.8) is 0 Å². The van der Waals surface area contributed by atoms with Crippen molar-refractivity contribution >= 4 is 5.97 Å². The first-order valence-corrected chi connectivity index (χ1v) is 5.46. The number of aliphatic hydroxyl groups is 1. The Morgan fingerprint density at radius 2 is 1.75 bits per heavy atom. The third-order valence-corrected chi connectivity index (χ3v) is 2.80. The zero-order valence-corrected chi connectivity index (χ0v) is 9.88. The van der Waals surface area contributed by atoms with Crippen LogP contribution in [0.4, 0.5) is 0 Å². The minimum Gasteiger partial charge on any atom is -0.459 e. The molecular formula is C13H18O3. The predicted octanol–water partition coefficient (Wildman–Crippen LogP) is 2.25. The SMILES string of the molecule is CC(O)C(C)C(C)OC(=O)c1ccccc1. The van der Waals surface area contributed by atoms with Gasteiger partial charge in [0.15, 0.2) is 0 Å². The van der Waals surface area contributed by atoms with Gasteiger partial charge in [-0.1, -0.05) is 25.1 Å². The molecule has 0 amide bonds. The number of carbonyl (C=O) groups is 1. The summed E-state index contributed by atoms with van der Waals surface area (Å²) in [6.07, 6.45) is -0.786. The molecule has 3 nitrogen and oxygen atoms in total. The molecule has 88 valence electrons. The number of rotatable bonds is 4. The fraction of sp³-hybridized carbons (Fsp3) is 0.462. The summed E-state index contributed by atoms with van der Waals surface area (Å²) in [4.78, 5) is 11.7. The molecule has 0 radical (unpaired) electrons. The molecule has 0 heterocycles. The lowest BCUT2D eigenvalue weighted by atomic mass is 10.0. The smallest absolute Gasteiger partial charge is 0.338 e. The summed E-state index contributed by atoms with van der Waals surface area (Å²) in [5, 5.41) is 9.38. The van der Waals surface area contributed by atoms with Gasteiger partial charge in [0.25, 0.3) is 0 Å². The zero-order valence-electron chi connectivity index (χ0n) is 9.88. The third kappa shape index (κ3) is 3.35. The highest BCUT2D eigenvalue weighted by atomic mass is 16.5. The van der Waals surface area contributed by atoms with Crippen LogP contribution in [0.2, 0.25) is 0 Å². The lowest BCUT2D eigenvalue weighted by Gasteiger charge is -2.22. The maximum atomic E-state index is 11.7. The Labute approximate surface area is 96.1 Å². The highest BCUT2D eigenvalue weighted by Crippen LogP contribution is 2.13. The lowest BCUT2D eigenvalue weighted by molar-refractivity contribution is -0.00188. The van der Waals surface area contributed by atoms with E-state index in [2.05, 4.69) is 0 Å². The fourth-order valence-corrected chi connectivity index (χ4v) is 1.31. The van der Waals surface area contributed by atoms with Crippen LogP contribution in [0.3, 0.4) is 0 Å². The van der Waals surface area contributed by atoms with Crippen molar-refractivity contribution in [2.45, 2.75) is 33.0 Å². The molecule has 3 heteroatoms. The van der Waals surface area contributed by atoms with Gasteiger partial charge in [-0.15, -0.1) is 0 Å². The van der Waals surface area contributed by atoms with E-state index in [9.17, 15) is 9.90 Å². The topological polar surface area (TPSA) is 46.5 Å². The molecule has 0 aliphatic heterocycles. The number of esters is 1. The van der Waals surface area contributed by atoms with Gasteiger partial charge in [-0.05, 0) is 26.0 Å². The van der Waals surface area contributed by atoms with E-state index in [1.54, 1.807) is 38.1 Å². The van der Waals surface area contributed by atoms with Crippen molar-refractivity contribution in [3.05, 3.63) is 35.9 Å². The molecule has 16 heavy (non-hydrogen) atoms. The molecule has 0 fully saturated rings. The highest BCUT2D eigenvalue weighted by molar-refractivity contribution is 5.89. The van der Waals surface area contributed by atoms with Gasteiger partial charge in [0.1, 0.15) is 6.10 Å². The second-order valence-corrected chi connectivity index (χ2v) is 4.08. The van der Waals surface area contributed by atoms with E-state index in [4.69, 9.17) is 4.74 Å². The number of carbonyl (C=O) groups excluding carboxylic acids is 1. The molecule has 0 saturated carbocycles. The molecule has 0 aliphatic carbocycles. The first-order chi connectivity index (χ1) is 7.52. The van der Waals surface area contributed by atoms with E-state index < -0.39 is 6.10 Å². The Morgan fingerprint density at radius 3 is 2.25 bits per heavy atom. The molecule has 1 rings (SSSR count). The second-order valence-electron chi connectivity index (χ2n) is 4.08. The Hall–Kier alpha value is -1.35. The highest BCUT2D eigenvalue weighted by Gasteiger charge is 2.21. The van der Waals surface area contributed by atoms with Crippen molar-refractivity contribution in [1.82, 2.24) is 0 Å². The normalized spacial score (nSPS) is 16.2. The van der Waals surface area contributed by atoms with Crippen LogP contribution in [0.5, 0.6) is 0 Å². The van der Waals surface area contributed by atoms with Crippen LogP contribution in [-0.2, 0) is 4.74 Å². The van der Waals surface area contributed by atoms with E-state index in [1.165, 1.54) is 0 Å². The Kier molecular flexibility index (Phi) is 4.50. The summed E-state index contributed by atoms with van der Waals surface area (Å²) in [7, 11) is 0. The standard InChI is InChI=1S/C13H18O3/c1-9(10(2)14)11(3)16-13(15)12-7-5-4-6-8-12/h4-11,14H,1-3H3. The van der Waals surface area contributed by atoms with E-state index in [-0.39, 0.29) is 18.0 Å². The van der Waals surface area contributed by atoms with Crippen molar-refractivity contribution < 1.29 is 14.6 Å². The molecule has 0 spiro atoms. The van der Waals surface area contributed by atoms with E-state index in [0.29, 0.717) is 5.56 Å². The van der Waals surface area contributed by atoms with Crippen LogP contribution in [0, 0.1) is 5.92 Å². The van der Waals surface area contributed by atoms with Gasteiger partial charge in [0.2, 0.25) is 0 Å². The maximum absolute atomic E-state index is 11.7. The molecule has 1 aromatic rings. The first-order valence-electron chi connectivity index (χ1n) is 5.46. The lowest BCUT2D eigenvalue weighted by Crippen LogP contribution is -2.29. The van der Waals surface area contributed by atoms with Gasteiger partial charge >= 0.3 is 5.97 Å². The number of benzene rings is 1. The molecular weight excluding hydrogens is 204 g/mol. The van der Waals surface area contributed by atoms with Crippen LogP contribution >= 0.6 is 0 Å². The maximum Gasteiger partial charge on any atom is 0.338 e. The summed E-state index contributed by atoms with van der Waals surface area (Å²) < 4.78 is 5.26. The van der Waals surface area contributed by atoms with Gasteiger partial charge in [0, 0.05) is 5.92 Å². The largest absolute Gasteiger partial charge is 0.459 e. The summed E-state index contributed by atoms with van der Waals surface area (Å²) in [5.74, 6) is -0.423. The average molecular weight is 222 g/mol. The molecule has 0 bridgehead atoms. The molecule has 0 aromatic heterocycles. The van der Waals surface area contributed by atoms with Crippen molar-refractivity contribution in [2.24, 2.45) is 5.92 Å². The van der Waals surface area contributed by atoms with Gasteiger partial charge < -0.3 is 9.84 Å². The monoisotopic (exact) mass is 222 g/mol. The van der Waals surface area contributed by atoms with Crippen LogP contribution < -0.4 is 0 Å². The summed E-state index contributed by atoms with van der Waals surface area (Å²) in [6.45, 7) is 5.34. The Bertz CT molecular complexity index is 332. The molecule has 3 atom stereocenters. The van der Waals surface area contributed by atoms with Gasteiger partial charge in [-0.3, -0.25) is 0 Å². The van der Waals surface area contributed by atoms with Crippen molar-refractivity contribution in [2.75, 3.05) is 0 Å². The summed E-state index contributed by atoms with van der Waals surface area (Å²) in [6, 6.07) is 8.85.